The van der Waals surface area contributed by atoms with Gasteiger partial charge in [0, 0.05) is 23.4 Å². The maximum Gasteiger partial charge on any atom is 0.274 e. The fourth-order valence-electron chi connectivity index (χ4n) is 1.44. The lowest BCUT2D eigenvalue weighted by Crippen LogP contribution is -1.99. The largest absolute Gasteiger partial charge is 0.377 e. The molecule has 0 fully saturated rings. The number of hydrogen-bond acceptors (Lipinski definition) is 5. The molecule has 1 aromatic carbocycles. The Morgan fingerprint density at radius 1 is 1.47 bits per heavy atom. The van der Waals surface area contributed by atoms with Gasteiger partial charge in [-0.05, 0) is 13.0 Å². The number of benzene rings is 1. The summed E-state index contributed by atoms with van der Waals surface area (Å²) >= 11 is 0. The molecule has 0 unspecified atom stereocenters. The van der Waals surface area contributed by atoms with Crippen molar-refractivity contribution in [2.24, 2.45) is 0 Å². The number of anilines is 1. The molecule has 0 saturated carbocycles. The summed E-state index contributed by atoms with van der Waals surface area (Å²) in [6.07, 6.45) is 1.55. The Kier molecular flexibility index (Phi) is 3.04. The van der Waals surface area contributed by atoms with Gasteiger partial charge >= 0.3 is 0 Å². The minimum absolute atomic E-state index is 0.104. The van der Waals surface area contributed by atoms with E-state index in [1.54, 1.807) is 31.3 Å². The zero-order chi connectivity index (χ0) is 12.3. The second kappa shape index (κ2) is 4.65. The molecular weight excluding hydrogens is 222 g/mol. The predicted molar refractivity (Wildman–Crippen MR) is 61.7 cm³/mol. The van der Waals surface area contributed by atoms with Crippen LogP contribution in [-0.4, -0.2) is 10.1 Å². The van der Waals surface area contributed by atoms with Gasteiger partial charge in [-0.3, -0.25) is 10.1 Å². The molecule has 0 radical (unpaired) electrons. The van der Waals surface area contributed by atoms with Crippen LogP contribution in [0.15, 0.2) is 35.0 Å². The first-order valence-electron chi connectivity index (χ1n) is 5.05. The van der Waals surface area contributed by atoms with Crippen molar-refractivity contribution in [2.75, 3.05) is 5.32 Å². The molecule has 0 aliphatic rings. The van der Waals surface area contributed by atoms with Crippen LogP contribution in [0.2, 0.25) is 0 Å². The standard InChI is InChI=1S/C11H11N3O3/c1-8-2-3-9(6-11(8)14(15)16)12-7-10-4-5-13-17-10/h2-6,12H,7H2,1H3. The van der Waals surface area contributed by atoms with Crippen LogP contribution in [0, 0.1) is 17.0 Å². The van der Waals surface area contributed by atoms with Crippen LogP contribution in [0.4, 0.5) is 11.4 Å². The zero-order valence-electron chi connectivity index (χ0n) is 9.21. The van der Waals surface area contributed by atoms with Gasteiger partial charge < -0.3 is 9.84 Å². The van der Waals surface area contributed by atoms with Gasteiger partial charge in [-0.2, -0.15) is 0 Å². The normalized spacial score (nSPS) is 10.2. The molecule has 6 nitrogen and oxygen atoms in total. The molecule has 2 aromatic rings. The van der Waals surface area contributed by atoms with E-state index in [-0.39, 0.29) is 5.69 Å². The van der Waals surface area contributed by atoms with Crippen molar-refractivity contribution in [1.82, 2.24) is 5.16 Å². The molecule has 0 aliphatic carbocycles. The van der Waals surface area contributed by atoms with Crippen molar-refractivity contribution < 1.29 is 9.45 Å². The van der Waals surface area contributed by atoms with Crippen molar-refractivity contribution in [2.45, 2.75) is 13.5 Å². The molecule has 6 heteroatoms. The van der Waals surface area contributed by atoms with Gasteiger partial charge in [-0.1, -0.05) is 11.2 Å². The van der Waals surface area contributed by atoms with Crippen LogP contribution in [0.3, 0.4) is 0 Å². The van der Waals surface area contributed by atoms with Crippen LogP contribution in [0.5, 0.6) is 0 Å². The van der Waals surface area contributed by atoms with E-state index in [2.05, 4.69) is 10.5 Å². The van der Waals surface area contributed by atoms with E-state index in [0.717, 1.165) is 0 Å². The fraction of sp³-hybridized carbons (Fsp3) is 0.182. The number of nitro benzene ring substituents is 1. The molecule has 0 atom stereocenters. The SMILES string of the molecule is Cc1ccc(NCc2ccno2)cc1[N+](=O)[O-]. The minimum Gasteiger partial charge on any atom is -0.377 e. The number of aryl methyl sites for hydroxylation is 1. The molecule has 1 heterocycles. The van der Waals surface area contributed by atoms with E-state index >= 15 is 0 Å². The number of nitrogens with one attached hydrogen (secondary N) is 1. The summed E-state index contributed by atoms with van der Waals surface area (Å²) in [6, 6.07) is 6.74. The molecule has 0 bridgehead atoms. The molecule has 88 valence electrons. The maximum absolute atomic E-state index is 10.8. The number of hydrogen-bond donors (Lipinski definition) is 1. The lowest BCUT2D eigenvalue weighted by Gasteiger charge is -2.04. The Balaban J connectivity index is 2.11. The summed E-state index contributed by atoms with van der Waals surface area (Å²) in [6.45, 7) is 2.15. The third kappa shape index (κ3) is 2.60. The Morgan fingerprint density at radius 3 is 2.94 bits per heavy atom. The first kappa shape index (κ1) is 11.1. The zero-order valence-corrected chi connectivity index (χ0v) is 9.21. The van der Waals surface area contributed by atoms with Gasteiger partial charge in [0.25, 0.3) is 5.69 Å². The maximum atomic E-state index is 10.8. The highest BCUT2D eigenvalue weighted by Gasteiger charge is 2.10. The highest BCUT2D eigenvalue weighted by Crippen LogP contribution is 2.22. The molecule has 0 amide bonds. The predicted octanol–water partition coefficient (Wildman–Crippen LogP) is 2.50. The van der Waals surface area contributed by atoms with Gasteiger partial charge in [0.05, 0.1) is 17.7 Å². The van der Waals surface area contributed by atoms with Crippen molar-refractivity contribution >= 4 is 11.4 Å². The van der Waals surface area contributed by atoms with Gasteiger partial charge in [0.1, 0.15) is 0 Å². The summed E-state index contributed by atoms with van der Waals surface area (Å²) in [4.78, 5) is 10.4. The van der Waals surface area contributed by atoms with E-state index in [1.165, 1.54) is 6.07 Å². The van der Waals surface area contributed by atoms with E-state index in [4.69, 9.17) is 4.52 Å². The summed E-state index contributed by atoms with van der Waals surface area (Å²) in [5, 5.41) is 17.4. The third-order valence-corrected chi connectivity index (χ3v) is 2.36. The third-order valence-electron chi connectivity index (χ3n) is 2.36. The number of rotatable bonds is 4. The Labute approximate surface area is 97.4 Å². The highest BCUT2D eigenvalue weighted by molar-refractivity contribution is 5.54. The molecule has 0 saturated heterocycles. The second-order valence-electron chi connectivity index (χ2n) is 3.59. The van der Waals surface area contributed by atoms with E-state index in [0.29, 0.717) is 23.6 Å². The van der Waals surface area contributed by atoms with Gasteiger partial charge in [0.2, 0.25) is 0 Å². The van der Waals surface area contributed by atoms with E-state index in [9.17, 15) is 10.1 Å². The van der Waals surface area contributed by atoms with E-state index in [1.807, 2.05) is 0 Å². The average molecular weight is 233 g/mol. The van der Waals surface area contributed by atoms with Gasteiger partial charge in [0.15, 0.2) is 5.76 Å². The molecule has 1 N–H and O–H groups in total. The van der Waals surface area contributed by atoms with Crippen molar-refractivity contribution in [1.29, 1.82) is 0 Å². The smallest absolute Gasteiger partial charge is 0.274 e. The molecule has 17 heavy (non-hydrogen) atoms. The van der Waals surface area contributed by atoms with Gasteiger partial charge in [-0.15, -0.1) is 0 Å². The molecule has 1 aromatic heterocycles. The van der Waals surface area contributed by atoms with Crippen LogP contribution in [-0.2, 0) is 6.54 Å². The van der Waals surface area contributed by atoms with Crippen molar-refractivity contribution in [3.63, 3.8) is 0 Å². The second-order valence-corrected chi connectivity index (χ2v) is 3.59. The molecule has 2 rings (SSSR count). The Morgan fingerprint density at radius 2 is 2.29 bits per heavy atom. The summed E-state index contributed by atoms with van der Waals surface area (Å²) in [7, 11) is 0. The lowest BCUT2D eigenvalue weighted by molar-refractivity contribution is -0.385. The van der Waals surface area contributed by atoms with Gasteiger partial charge in [-0.25, -0.2) is 0 Å². The Hall–Kier alpha value is -2.37. The minimum atomic E-state index is -0.394. The molecule has 0 aliphatic heterocycles. The monoisotopic (exact) mass is 233 g/mol. The average Bonchev–Trinajstić information content (AvgIpc) is 2.80. The molecular formula is C11H11N3O3. The number of nitrogens with zero attached hydrogens (tertiary/aromatic N) is 2. The van der Waals surface area contributed by atoms with E-state index < -0.39 is 4.92 Å². The van der Waals surface area contributed by atoms with Crippen molar-refractivity contribution in [3.05, 3.63) is 51.9 Å². The summed E-state index contributed by atoms with van der Waals surface area (Å²) in [5.41, 5.74) is 1.42. The highest BCUT2D eigenvalue weighted by atomic mass is 16.6. The lowest BCUT2D eigenvalue weighted by atomic mass is 10.2. The first-order chi connectivity index (χ1) is 8.16. The topological polar surface area (TPSA) is 81.2 Å². The Bertz CT molecular complexity index is 523. The van der Waals surface area contributed by atoms with Crippen LogP contribution in [0.1, 0.15) is 11.3 Å². The van der Waals surface area contributed by atoms with Crippen molar-refractivity contribution in [3.8, 4) is 0 Å². The van der Waals surface area contributed by atoms with Crippen LogP contribution in [0.25, 0.3) is 0 Å². The molecule has 0 spiro atoms. The number of nitro groups is 1. The quantitative estimate of drug-likeness (QED) is 0.648. The van der Waals surface area contributed by atoms with Crippen LogP contribution >= 0.6 is 0 Å². The first-order valence-corrected chi connectivity index (χ1v) is 5.05. The van der Waals surface area contributed by atoms with Crippen LogP contribution < -0.4 is 5.32 Å². The number of aromatic nitrogens is 1. The summed E-state index contributed by atoms with van der Waals surface area (Å²) in [5.74, 6) is 0.674. The fourth-order valence-corrected chi connectivity index (χ4v) is 1.44. The summed E-state index contributed by atoms with van der Waals surface area (Å²) < 4.78 is 4.91.